The van der Waals surface area contributed by atoms with Gasteiger partial charge in [0.05, 0.1) is 0 Å². The zero-order valence-electron chi connectivity index (χ0n) is 13.2. The van der Waals surface area contributed by atoms with E-state index in [1.54, 1.807) is 0 Å². The van der Waals surface area contributed by atoms with Gasteiger partial charge in [0.1, 0.15) is 0 Å². The Kier molecular flexibility index (Phi) is 6.15. The molecule has 0 aromatic heterocycles. The summed E-state index contributed by atoms with van der Waals surface area (Å²) < 4.78 is 5.74. The summed E-state index contributed by atoms with van der Waals surface area (Å²) in [5.74, 6) is 4.32. The SMILES string of the molecule is CC(C)CNCC1CCC(C)CC1C1CCCOC1. The summed E-state index contributed by atoms with van der Waals surface area (Å²) in [5, 5.41) is 3.70. The third kappa shape index (κ3) is 4.75. The molecule has 4 unspecified atom stereocenters. The lowest BCUT2D eigenvalue weighted by molar-refractivity contribution is -0.00140. The fourth-order valence-electron chi connectivity index (χ4n) is 3.98. The molecule has 0 spiro atoms. The maximum absolute atomic E-state index is 5.74. The zero-order chi connectivity index (χ0) is 13.7. The molecule has 1 heterocycles. The van der Waals surface area contributed by atoms with Crippen molar-refractivity contribution < 1.29 is 4.74 Å². The van der Waals surface area contributed by atoms with Gasteiger partial charge < -0.3 is 10.1 Å². The topological polar surface area (TPSA) is 21.3 Å². The van der Waals surface area contributed by atoms with E-state index in [2.05, 4.69) is 26.1 Å². The smallest absolute Gasteiger partial charge is 0.0497 e. The summed E-state index contributed by atoms with van der Waals surface area (Å²) in [5.41, 5.74) is 0. The Bertz CT molecular complexity index is 248. The molecule has 19 heavy (non-hydrogen) atoms. The van der Waals surface area contributed by atoms with Crippen LogP contribution in [0.3, 0.4) is 0 Å². The number of ether oxygens (including phenoxy) is 1. The van der Waals surface area contributed by atoms with Gasteiger partial charge in [0, 0.05) is 13.2 Å². The van der Waals surface area contributed by atoms with Gasteiger partial charge in [-0.05, 0) is 68.4 Å². The highest BCUT2D eigenvalue weighted by Gasteiger charge is 2.34. The first-order valence-corrected chi connectivity index (χ1v) is 8.45. The molecule has 2 aliphatic rings. The van der Waals surface area contributed by atoms with E-state index in [1.807, 2.05) is 0 Å². The van der Waals surface area contributed by atoms with Gasteiger partial charge in [-0.15, -0.1) is 0 Å². The van der Waals surface area contributed by atoms with Crippen molar-refractivity contribution in [1.29, 1.82) is 0 Å². The number of nitrogens with one attached hydrogen (secondary N) is 1. The largest absolute Gasteiger partial charge is 0.381 e. The zero-order valence-corrected chi connectivity index (χ0v) is 13.2. The average Bonchev–Trinajstić information content (AvgIpc) is 2.41. The fraction of sp³-hybridized carbons (Fsp3) is 1.00. The van der Waals surface area contributed by atoms with E-state index in [9.17, 15) is 0 Å². The average molecular weight is 267 g/mol. The van der Waals surface area contributed by atoms with Gasteiger partial charge in [0.15, 0.2) is 0 Å². The highest BCUT2D eigenvalue weighted by molar-refractivity contribution is 4.85. The minimum absolute atomic E-state index is 0.763. The van der Waals surface area contributed by atoms with Gasteiger partial charge in [-0.25, -0.2) is 0 Å². The molecular formula is C17H33NO. The molecule has 2 heteroatoms. The van der Waals surface area contributed by atoms with E-state index in [4.69, 9.17) is 4.74 Å². The highest BCUT2D eigenvalue weighted by atomic mass is 16.5. The Hall–Kier alpha value is -0.0800. The molecule has 112 valence electrons. The van der Waals surface area contributed by atoms with E-state index in [0.29, 0.717) is 0 Å². The Morgan fingerprint density at radius 1 is 1.21 bits per heavy atom. The Balaban J connectivity index is 1.86. The molecule has 4 atom stereocenters. The number of rotatable bonds is 5. The summed E-state index contributed by atoms with van der Waals surface area (Å²) in [4.78, 5) is 0. The molecular weight excluding hydrogens is 234 g/mol. The lowest BCUT2D eigenvalue weighted by Gasteiger charge is -2.41. The predicted molar refractivity (Wildman–Crippen MR) is 81.2 cm³/mol. The third-order valence-corrected chi connectivity index (χ3v) is 5.07. The molecule has 1 saturated heterocycles. The van der Waals surface area contributed by atoms with Crippen molar-refractivity contribution in [3.05, 3.63) is 0 Å². The molecule has 1 aliphatic heterocycles. The van der Waals surface area contributed by atoms with Gasteiger partial charge in [0.25, 0.3) is 0 Å². The van der Waals surface area contributed by atoms with Crippen LogP contribution in [0.1, 0.15) is 52.9 Å². The van der Waals surface area contributed by atoms with Crippen LogP contribution < -0.4 is 5.32 Å². The van der Waals surface area contributed by atoms with Crippen molar-refractivity contribution in [1.82, 2.24) is 5.32 Å². The quantitative estimate of drug-likeness (QED) is 0.820. The molecule has 0 amide bonds. The Labute approximate surface area is 119 Å². The van der Waals surface area contributed by atoms with Gasteiger partial charge in [0.2, 0.25) is 0 Å². The molecule has 0 radical (unpaired) electrons. The van der Waals surface area contributed by atoms with Crippen molar-refractivity contribution in [3.63, 3.8) is 0 Å². The number of hydrogen-bond acceptors (Lipinski definition) is 2. The van der Waals surface area contributed by atoms with Crippen molar-refractivity contribution in [2.45, 2.75) is 52.9 Å². The van der Waals surface area contributed by atoms with Crippen LogP contribution in [-0.4, -0.2) is 26.3 Å². The van der Waals surface area contributed by atoms with Crippen LogP contribution in [-0.2, 0) is 4.74 Å². The summed E-state index contributed by atoms with van der Waals surface area (Å²) in [6, 6.07) is 0. The normalized spacial score (nSPS) is 36.6. The van der Waals surface area contributed by atoms with Crippen LogP contribution in [0.5, 0.6) is 0 Å². The summed E-state index contributed by atoms with van der Waals surface area (Å²) in [7, 11) is 0. The minimum Gasteiger partial charge on any atom is -0.381 e. The van der Waals surface area contributed by atoms with Crippen LogP contribution >= 0.6 is 0 Å². The molecule has 0 bridgehead atoms. The second-order valence-corrected chi connectivity index (χ2v) is 7.37. The van der Waals surface area contributed by atoms with E-state index in [1.165, 1.54) is 45.2 Å². The molecule has 1 saturated carbocycles. The monoisotopic (exact) mass is 267 g/mol. The van der Waals surface area contributed by atoms with Gasteiger partial charge in [-0.3, -0.25) is 0 Å². The Morgan fingerprint density at radius 3 is 2.74 bits per heavy atom. The molecule has 1 N–H and O–H groups in total. The maximum atomic E-state index is 5.74. The highest BCUT2D eigenvalue weighted by Crippen LogP contribution is 2.40. The molecule has 0 aromatic carbocycles. The standard InChI is InChI=1S/C17H33NO/c1-13(2)10-18-11-15-7-6-14(3)9-17(15)16-5-4-8-19-12-16/h13-18H,4-12H2,1-3H3. The van der Waals surface area contributed by atoms with E-state index in [0.717, 1.165) is 42.8 Å². The van der Waals surface area contributed by atoms with E-state index in [-0.39, 0.29) is 0 Å². The predicted octanol–water partition coefficient (Wildman–Crippen LogP) is 3.71. The minimum atomic E-state index is 0.763. The lowest BCUT2D eigenvalue weighted by Crippen LogP contribution is -2.39. The van der Waals surface area contributed by atoms with Crippen LogP contribution in [0.4, 0.5) is 0 Å². The second kappa shape index (κ2) is 7.64. The van der Waals surface area contributed by atoms with Gasteiger partial charge in [-0.2, -0.15) is 0 Å². The summed E-state index contributed by atoms with van der Waals surface area (Å²) in [6.07, 6.45) is 6.97. The van der Waals surface area contributed by atoms with Gasteiger partial charge in [-0.1, -0.05) is 27.2 Å². The second-order valence-electron chi connectivity index (χ2n) is 7.37. The first kappa shape index (κ1) is 15.3. The Morgan fingerprint density at radius 2 is 2.05 bits per heavy atom. The lowest BCUT2D eigenvalue weighted by atomic mass is 9.68. The first-order valence-electron chi connectivity index (χ1n) is 8.45. The van der Waals surface area contributed by atoms with Crippen LogP contribution in [0.15, 0.2) is 0 Å². The van der Waals surface area contributed by atoms with Crippen molar-refractivity contribution in [2.24, 2.45) is 29.6 Å². The summed E-state index contributed by atoms with van der Waals surface area (Å²) in [6.45, 7) is 11.4. The molecule has 2 fully saturated rings. The summed E-state index contributed by atoms with van der Waals surface area (Å²) >= 11 is 0. The molecule has 2 rings (SSSR count). The van der Waals surface area contributed by atoms with Crippen molar-refractivity contribution in [3.8, 4) is 0 Å². The van der Waals surface area contributed by atoms with Crippen LogP contribution in [0.25, 0.3) is 0 Å². The van der Waals surface area contributed by atoms with Crippen LogP contribution in [0.2, 0.25) is 0 Å². The fourth-order valence-corrected chi connectivity index (χ4v) is 3.98. The molecule has 0 aromatic rings. The maximum Gasteiger partial charge on any atom is 0.0497 e. The van der Waals surface area contributed by atoms with Gasteiger partial charge >= 0.3 is 0 Å². The molecule has 1 aliphatic carbocycles. The first-order chi connectivity index (χ1) is 9.16. The van der Waals surface area contributed by atoms with E-state index < -0.39 is 0 Å². The number of hydrogen-bond donors (Lipinski definition) is 1. The van der Waals surface area contributed by atoms with E-state index >= 15 is 0 Å². The molecule has 2 nitrogen and oxygen atoms in total. The van der Waals surface area contributed by atoms with Crippen LogP contribution in [0, 0.1) is 29.6 Å². The van der Waals surface area contributed by atoms with Crippen molar-refractivity contribution in [2.75, 3.05) is 26.3 Å². The third-order valence-electron chi connectivity index (χ3n) is 5.07. The van der Waals surface area contributed by atoms with Crippen molar-refractivity contribution >= 4 is 0 Å².